The molecule has 1 fully saturated rings. The number of fused-ring (bicyclic) bond motifs is 1. The van der Waals surface area contributed by atoms with Gasteiger partial charge >= 0.3 is 0 Å². The van der Waals surface area contributed by atoms with Crippen LogP contribution in [0.4, 0.5) is 10.2 Å². The molecule has 6 nitrogen and oxygen atoms in total. The van der Waals surface area contributed by atoms with Gasteiger partial charge in [0.2, 0.25) is 5.91 Å². The first-order valence-electron chi connectivity index (χ1n) is 10.9. The summed E-state index contributed by atoms with van der Waals surface area (Å²) in [4.78, 5) is 16.9. The highest BCUT2D eigenvalue weighted by Gasteiger charge is 2.21. The van der Waals surface area contributed by atoms with Crippen LogP contribution in [0.1, 0.15) is 18.4 Å². The van der Waals surface area contributed by atoms with Crippen molar-refractivity contribution in [2.45, 2.75) is 19.4 Å². The van der Waals surface area contributed by atoms with Gasteiger partial charge in [0.15, 0.2) is 0 Å². The van der Waals surface area contributed by atoms with E-state index in [4.69, 9.17) is 11.6 Å². The van der Waals surface area contributed by atoms with Gasteiger partial charge in [-0.05, 0) is 54.8 Å². The first-order chi connectivity index (χ1) is 16.1. The van der Waals surface area contributed by atoms with Crippen LogP contribution in [0.25, 0.3) is 22.0 Å². The van der Waals surface area contributed by atoms with Crippen molar-refractivity contribution in [3.63, 3.8) is 0 Å². The highest BCUT2D eigenvalue weighted by atomic mass is 35.5. The largest absolute Gasteiger partial charge is 0.316 e. The molecule has 0 saturated carbocycles. The lowest BCUT2D eigenvalue weighted by atomic mass is 9.99. The van der Waals surface area contributed by atoms with Crippen molar-refractivity contribution in [3.05, 3.63) is 77.3 Å². The summed E-state index contributed by atoms with van der Waals surface area (Å²) in [6.45, 7) is 2.08. The molecule has 1 aliphatic heterocycles. The second-order valence-electron chi connectivity index (χ2n) is 8.29. The normalized spacial score (nSPS) is 16.1. The molecule has 168 valence electrons. The minimum Gasteiger partial charge on any atom is -0.316 e. The summed E-state index contributed by atoms with van der Waals surface area (Å²) in [5.74, 6) is 0.102. The number of hydrogen-bond acceptors (Lipinski definition) is 4. The molecule has 1 saturated heterocycles. The van der Waals surface area contributed by atoms with E-state index in [-0.39, 0.29) is 17.6 Å². The van der Waals surface area contributed by atoms with Gasteiger partial charge < -0.3 is 10.6 Å². The summed E-state index contributed by atoms with van der Waals surface area (Å²) in [5, 5.41) is 12.1. The molecule has 2 aromatic heterocycles. The number of aromatic nitrogens is 3. The molecule has 2 aromatic carbocycles. The summed E-state index contributed by atoms with van der Waals surface area (Å²) in [6.07, 6.45) is 5.20. The lowest BCUT2D eigenvalue weighted by Crippen LogP contribution is -2.37. The van der Waals surface area contributed by atoms with Crippen LogP contribution in [0.15, 0.2) is 60.9 Å². The number of nitrogens with one attached hydrogen (secondary N) is 2. The number of piperidine rings is 1. The highest BCUT2D eigenvalue weighted by Crippen LogP contribution is 2.32. The van der Waals surface area contributed by atoms with E-state index in [2.05, 4.69) is 20.7 Å². The predicted molar refractivity (Wildman–Crippen MR) is 128 cm³/mol. The van der Waals surface area contributed by atoms with E-state index in [1.165, 1.54) is 12.1 Å². The molecule has 8 heteroatoms. The van der Waals surface area contributed by atoms with Crippen LogP contribution < -0.4 is 10.6 Å². The lowest BCUT2D eigenvalue weighted by Gasteiger charge is -2.21. The number of halogens is 2. The molecule has 5 rings (SSSR count). The van der Waals surface area contributed by atoms with E-state index >= 15 is 0 Å². The minimum atomic E-state index is -0.271. The third-order valence-corrected chi connectivity index (χ3v) is 6.25. The van der Waals surface area contributed by atoms with E-state index < -0.39 is 0 Å². The molecule has 0 aliphatic carbocycles. The molecule has 2 N–H and O–H groups in total. The van der Waals surface area contributed by atoms with Crippen molar-refractivity contribution in [3.8, 4) is 11.1 Å². The number of benzene rings is 2. The second-order valence-corrected chi connectivity index (χ2v) is 8.69. The summed E-state index contributed by atoms with van der Waals surface area (Å²) in [5.41, 5.74) is 3.38. The molecule has 1 aliphatic rings. The number of amides is 1. The maximum absolute atomic E-state index is 13.6. The quantitative estimate of drug-likeness (QED) is 0.442. The average Bonchev–Trinajstić information content (AvgIpc) is 3.23. The predicted octanol–water partition coefficient (Wildman–Crippen LogP) is 4.88. The van der Waals surface area contributed by atoms with Crippen LogP contribution in [-0.4, -0.2) is 33.8 Å². The van der Waals surface area contributed by atoms with E-state index in [0.717, 1.165) is 47.0 Å². The van der Waals surface area contributed by atoms with E-state index in [1.807, 2.05) is 28.9 Å². The molecule has 0 bridgehead atoms. The monoisotopic (exact) mass is 463 g/mol. The maximum atomic E-state index is 13.6. The molecular weight excluding hydrogens is 441 g/mol. The average molecular weight is 464 g/mol. The standard InChI is InChI=1S/C25H23ClFN5O/c26-22-14-29-24(31-25(33)19-4-2-8-28-12-19)11-21(22)17-6-7-18-13-30-32(23(18)10-17)15-16-3-1-5-20(27)9-16/h1,3,5-7,9-11,13-14,19,28H,2,4,8,12,15H2,(H,29,31,33). The summed E-state index contributed by atoms with van der Waals surface area (Å²) >= 11 is 6.48. The van der Waals surface area contributed by atoms with Gasteiger partial charge in [0.25, 0.3) is 0 Å². The number of hydrogen-bond donors (Lipinski definition) is 2. The van der Waals surface area contributed by atoms with Crippen LogP contribution in [-0.2, 0) is 11.3 Å². The number of rotatable bonds is 5. The van der Waals surface area contributed by atoms with Gasteiger partial charge in [-0.1, -0.05) is 35.9 Å². The van der Waals surface area contributed by atoms with Crippen LogP contribution in [0.5, 0.6) is 0 Å². The zero-order chi connectivity index (χ0) is 22.8. The van der Waals surface area contributed by atoms with Crippen molar-refractivity contribution in [2.75, 3.05) is 18.4 Å². The molecule has 0 radical (unpaired) electrons. The second kappa shape index (κ2) is 9.29. The molecule has 4 aromatic rings. The van der Waals surface area contributed by atoms with Gasteiger partial charge in [-0.3, -0.25) is 9.48 Å². The molecule has 1 unspecified atom stereocenters. The Balaban J connectivity index is 1.43. The minimum absolute atomic E-state index is 0.0356. The molecule has 1 atom stereocenters. The van der Waals surface area contributed by atoms with Crippen LogP contribution in [0.2, 0.25) is 5.02 Å². The maximum Gasteiger partial charge on any atom is 0.229 e. The molecule has 1 amide bonds. The number of anilines is 1. The Morgan fingerprint density at radius 1 is 1.21 bits per heavy atom. The summed E-state index contributed by atoms with van der Waals surface area (Å²) in [6, 6.07) is 14.2. The van der Waals surface area contributed by atoms with Gasteiger partial charge in [-0.25, -0.2) is 9.37 Å². The van der Waals surface area contributed by atoms with Gasteiger partial charge in [0, 0.05) is 23.7 Å². The zero-order valence-corrected chi connectivity index (χ0v) is 18.6. The zero-order valence-electron chi connectivity index (χ0n) is 17.9. The van der Waals surface area contributed by atoms with Crippen molar-refractivity contribution in [1.29, 1.82) is 0 Å². The van der Waals surface area contributed by atoms with Gasteiger partial charge in [0.05, 0.1) is 29.2 Å². The summed E-state index contributed by atoms with van der Waals surface area (Å²) < 4.78 is 15.4. The molecular formula is C25H23ClFN5O. The molecule has 3 heterocycles. The Morgan fingerprint density at radius 2 is 2.12 bits per heavy atom. The third-order valence-electron chi connectivity index (χ3n) is 5.95. The Hall–Kier alpha value is -3.29. The Morgan fingerprint density at radius 3 is 2.94 bits per heavy atom. The number of nitrogens with zero attached hydrogens (tertiary/aromatic N) is 3. The lowest BCUT2D eigenvalue weighted by molar-refractivity contribution is -0.120. The molecule has 0 spiro atoms. The number of carbonyl (C=O) groups excluding carboxylic acids is 1. The topological polar surface area (TPSA) is 71.8 Å². The van der Waals surface area contributed by atoms with Gasteiger partial charge in [-0.15, -0.1) is 0 Å². The van der Waals surface area contributed by atoms with E-state index in [9.17, 15) is 9.18 Å². The third kappa shape index (κ3) is 4.74. The van der Waals surface area contributed by atoms with Crippen LogP contribution in [0.3, 0.4) is 0 Å². The van der Waals surface area contributed by atoms with Crippen molar-refractivity contribution >= 4 is 34.2 Å². The number of carbonyl (C=O) groups is 1. The van der Waals surface area contributed by atoms with Crippen LogP contribution >= 0.6 is 11.6 Å². The van der Waals surface area contributed by atoms with Crippen LogP contribution in [0, 0.1) is 11.7 Å². The Bertz CT molecular complexity index is 1320. The fraction of sp³-hybridized carbons (Fsp3) is 0.240. The first-order valence-corrected chi connectivity index (χ1v) is 11.3. The molecule has 33 heavy (non-hydrogen) atoms. The van der Waals surface area contributed by atoms with Crippen molar-refractivity contribution in [1.82, 2.24) is 20.1 Å². The van der Waals surface area contributed by atoms with Crippen molar-refractivity contribution < 1.29 is 9.18 Å². The van der Waals surface area contributed by atoms with E-state index in [0.29, 0.717) is 23.9 Å². The fourth-order valence-corrected chi connectivity index (χ4v) is 4.42. The van der Waals surface area contributed by atoms with E-state index in [1.54, 1.807) is 24.5 Å². The highest BCUT2D eigenvalue weighted by molar-refractivity contribution is 6.33. The van der Waals surface area contributed by atoms with Gasteiger partial charge in [-0.2, -0.15) is 5.10 Å². The van der Waals surface area contributed by atoms with Crippen molar-refractivity contribution in [2.24, 2.45) is 5.92 Å². The summed E-state index contributed by atoms with van der Waals surface area (Å²) in [7, 11) is 0. The fourth-order valence-electron chi connectivity index (χ4n) is 4.20. The smallest absolute Gasteiger partial charge is 0.229 e. The Kier molecular flexibility index (Phi) is 6.07. The Labute approximate surface area is 195 Å². The van der Waals surface area contributed by atoms with Gasteiger partial charge in [0.1, 0.15) is 11.6 Å². The first kappa shape index (κ1) is 21.6. The number of pyridine rings is 1. The SMILES string of the molecule is O=C(Nc1cc(-c2ccc3cnn(Cc4cccc(F)c4)c3c2)c(Cl)cn1)C1CCCNC1.